The number of fused-ring (bicyclic) bond motifs is 1. The molecule has 3 atom stereocenters. The summed E-state index contributed by atoms with van der Waals surface area (Å²) in [7, 11) is 0. The average molecular weight is 448 g/mol. The zero-order valence-electron chi connectivity index (χ0n) is 20.4. The van der Waals surface area contributed by atoms with Gasteiger partial charge in [0.2, 0.25) is 5.91 Å². The van der Waals surface area contributed by atoms with Gasteiger partial charge >= 0.3 is 0 Å². The van der Waals surface area contributed by atoms with E-state index in [1.165, 1.54) is 0 Å². The molecule has 4 rings (SSSR count). The molecular formula is C28H37N3O2. The summed E-state index contributed by atoms with van der Waals surface area (Å²) in [5.74, 6) is 1.34. The molecule has 0 bridgehead atoms. The Balaban J connectivity index is 1.34. The Morgan fingerprint density at radius 1 is 0.909 bits per heavy atom. The third kappa shape index (κ3) is 5.30. The topological polar surface area (TPSA) is 52.7 Å². The van der Waals surface area contributed by atoms with Gasteiger partial charge in [-0.05, 0) is 48.8 Å². The molecule has 33 heavy (non-hydrogen) atoms. The Morgan fingerprint density at radius 2 is 1.52 bits per heavy atom. The van der Waals surface area contributed by atoms with E-state index < -0.39 is 0 Å². The number of likely N-dealkylation sites (tertiary alicyclic amines) is 2. The lowest BCUT2D eigenvalue weighted by molar-refractivity contribution is -0.124. The van der Waals surface area contributed by atoms with Crippen molar-refractivity contribution in [1.82, 2.24) is 15.1 Å². The maximum Gasteiger partial charge on any atom is 0.254 e. The Hall–Kier alpha value is -2.66. The van der Waals surface area contributed by atoms with Gasteiger partial charge in [0.15, 0.2) is 0 Å². The molecule has 2 fully saturated rings. The summed E-state index contributed by atoms with van der Waals surface area (Å²) in [6.45, 7) is 12.6. The zero-order valence-corrected chi connectivity index (χ0v) is 20.4. The Morgan fingerprint density at radius 3 is 2.09 bits per heavy atom. The summed E-state index contributed by atoms with van der Waals surface area (Å²) in [5.41, 5.74) is 4.17. The first-order chi connectivity index (χ1) is 15.8. The van der Waals surface area contributed by atoms with Gasteiger partial charge in [0.05, 0.1) is 6.04 Å². The fraction of sp³-hybridized carbons (Fsp3) is 0.500. The molecular weight excluding hydrogens is 410 g/mol. The van der Waals surface area contributed by atoms with E-state index in [0.29, 0.717) is 11.8 Å². The van der Waals surface area contributed by atoms with Crippen molar-refractivity contribution in [3.05, 3.63) is 70.8 Å². The lowest BCUT2D eigenvalue weighted by Crippen LogP contribution is -2.36. The van der Waals surface area contributed by atoms with E-state index in [0.717, 1.165) is 61.4 Å². The molecule has 2 heterocycles. The molecule has 176 valence electrons. The molecule has 2 saturated heterocycles. The second-order valence-electron chi connectivity index (χ2n) is 10.2. The van der Waals surface area contributed by atoms with Crippen LogP contribution in [0.2, 0.25) is 0 Å². The summed E-state index contributed by atoms with van der Waals surface area (Å²) >= 11 is 0. The predicted molar refractivity (Wildman–Crippen MR) is 132 cm³/mol. The van der Waals surface area contributed by atoms with Crippen LogP contribution in [0.3, 0.4) is 0 Å². The van der Waals surface area contributed by atoms with E-state index >= 15 is 0 Å². The second kappa shape index (κ2) is 10.1. The van der Waals surface area contributed by atoms with E-state index in [1.54, 1.807) is 0 Å². The number of amides is 2. The number of benzene rings is 2. The first kappa shape index (κ1) is 23.5. The van der Waals surface area contributed by atoms with Gasteiger partial charge in [-0.1, -0.05) is 62.4 Å². The zero-order chi connectivity index (χ0) is 23.5. The quantitative estimate of drug-likeness (QED) is 0.692. The number of nitrogens with one attached hydrogen (secondary N) is 1. The standard InChI is InChI=1S/C28H37N3O2/c1-19(2)27(32)29-25(22-11-6-5-7-12-22)13-14-30-15-23-17-31(18-24(23)16-30)28(33)26-20(3)9-8-10-21(26)4/h5-12,19,23-25H,13-18H2,1-4H3,(H,29,32). The predicted octanol–water partition coefficient (Wildman–Crippen LogP) is 4.21. The van der Waals surface area contributed by atoms with Gasteiger partial charge in [-0.25, -0.2) is 0 Å². The highest BCUT2D eigenvalue weighted by Gasteiger charge is 2.42. The van der Waals surface area contributed by atoms with E-state index in [2.05, 4.69) is 27.2 Å². The van der Waals surface area contributed by atoms with Crippen LogP contribution in [-0.2, 0) is 4.79 Å². The maximum absolute atomic E-state index is 13.2. The number of carbonyl (C=O) groups is 2. The number of rotatable bonds is 7. The number of hydrogen-bond donors (Lipinski definition) is 1. The van der Waals surface area contributed by atoms with Gasteiger partial charge in [-0.2, -0.15) is 0 Å². The van der Waals surface area contributed by atoms with Gasteiger partial charge in [0, 0.05) is 44.2 Å². The SMILES string of the molecule is Cc1cccc(C)c1C(=O)N1CC2CN(CCC(NC(=O)C(C)C)c3ccccc3)CC2C1. The van der Waals surface area contributed by atoms with Gasteiger partial charge in [0.25, 0.3) is 5.91 Å². The highest BCUT2D eigenvalue weighted by atomic mass is 16.2. The van der Waals surface area contributed by atoms with Crippen molar-refractivity contribution in [2.75, 3.05) is 32.7 Å². The van der Waals surface area contributed by atoms with Gasteiger partial charge in [-0.15, -0.1) is 0 Å². The molecule has 0 aliphatic carbocycles. The van der Waals surface area contributed by atoms with E-state index in [9.17, 15) is 9.59 Å². The van der Waals surface area contributed by atoms with Gasteiger partial charge in [-0.3, -0.25) is 9.59 Å². The van der Waals surface area contributed by atoms with Crippen LogP contribution in [0.1, 0.15) is 53.4 Å². The minimum atomic E-state index is -0.0252. The molecule has 1 N–H and O–H groups in total. The van der Waals surface area contributed by atoms with Crippen molar-refractivity contribution in [3.8, 4) is 0 Å². The summed E-state index contributed by atoms with van der Waals surface area (Å²) in [6.07, 6.45) is 0.896. The van der Waals surface area contributed by atoms with Crippen LogP contribution in [0.25, 0.3) is 0 Å². The summed E-state index contributed by atoms with van der Waals surface area (Å²) < 4.78 is 0. The number of aryl methyl sites for hydroxylation is 2. The van der Waals surface area contributed by atoms with E-state index in [1.807, 2.05) is 64.1 Å². The highest BCUT2D eigenvalue weighted by molar-refractivity contribution is 5.97. The third-order valence-corrected chi connectivity index (χ3v) is 7.32. The van der Waals surface area contributed by atoms with Crippen molar-refractivity contribution in [2.45, 2.75) is 40.2 Å². The highest BCUT2D eigenvalue weighted by Crippen LogP contribution is 2.33. The Bertz CT molecular complexity index is 954. The molecule has 5 heteroatoms. The normalized spacial score (nSPS) is 21.3. The van der Waals surface area contributed by atoms with Crippen molar-refractivity contribution in [1.29, 1.82) is 0 Å². The minimum Gasteiger partial charge on any atom is -0.349 e. The fourth-order valence-corrected chi connectivity index (χ4v) is 5.41. The maximum atomic E-state index is 13.2. The first-order valence-electron chi connectivity index (χ1n) is 12.3. The number of hydrogen-bond acceptors (Lipinski definition) is 3. The minimum absolute atomic E-state index is 0.0252. The smallest absolute Gasteiger partial charge is 0.254 e. The Kier molecular flexibility index (Phi) is 7.18. The van der Waals surface area contributed by atoms with E-state index in [-0.39, 0.29) is 23.8 Å². The summed E-state index contributed by atoms with van der Waals surface area (Å²) in [6, 6.07) is 16.4. The van der Waals surface area contributed by atoms with Crippen LogP contribution in [0.4, 0.5) is 0 Å². The fourth-order valence-electron chi connectivity index (χ4n) is 5.41. The van der Waals surface area contributed by atoms with Crippen LogP contribution in [0, 0.1) is 31.6 Å². The van der Waals surface area contributed by atoms with E-state index in [4.69, 9.17) is 0 Å². The molecule has 2 aliphatic rings. The monoisotopic (exact) mass is 447 g/mol. The first-order valence-corrected chi connectivity index (χ1v) is 12.3. The summed E-state index contributed by atoms with van der Waals surface area (Å²) in [4.78, 5) is 30.2. The van der Waals surface area contributed by atoms with Crippen LogP contribution in [0.5, 0.6) is 0 Å². The molecule has 3 unspecified atom stereocenters. The molecule has 0 radical (unpaired) electrons. The summed E-state index contributed by atoms with van der Waals surface area (Å²) in [5, 5.41) is 3.24. The number of nitrogens with zero attached hydrogens (tertiary/aromatic N) is 2. The number of carbonyl (C=O) groups excluding carboxylic acids is 2. The van der Waals surface area contributed by atoms with Crippen molar-refractivity contribution in [2.24, 2.45) is 17.8 Å². The molecule has 0 spiro atoms. The lowest BCUT2D eigenvalue weighted by atomic mass is 10.0. The molecule has 2 aromatic rings. The third-order valence-electron chi connectivity index (χ3n) is 7.32. The molecule has 5 nitrogen and oxygen atoms in total. The largest absolute Gasteiger partial charge is 0.349 e. The molecule has 2 aromatic carbocycles. The Labute approximate surface area is 198 Å². The van der Waals surface area contributed by atoms with Crippen molar-refractivity contribution >= 4 is 11.8 Å². The molecule has 2 aliphatic heterocycles. The van der Waals surface area contributed by atoms with Gasteiger partial charge < -0.3 is 15.1 Å². The van der Waals surface area contributed by atoms with Crippen LogP contribution in [0.15, 0.2) is 48.5 Å². The van der Waals surface area contributed by atoms with Crippen molar-refractivity contribution < 1.29 is 9.59 Å². The average Bonchev–Trinajstić information content (AvgIpc) is 3.35. The van der Waals surface area contributed by atoms with Crippen LogP contribution >= 0.6 is 0 Å². The molecule has 0 saturated carbocycles. The van der Waals surface area contributed by atoms with Crippen LogP contribution in [-0.4, -0.2) is 54.3 Å². The van der Waals surface area contributed by atoms with Gasteiger partial charge in [0.1, 0.15) is 0 Å². The second-order valence-corrected chi connectivity index (χ2v) is 10.2. The molecule has 2 amide bonds. The molecule has 0 aromatic heterocycles. The lowest BCUT2D eigenvalue weighted by Gasteiger charge is -2.25. The van der Waals surface area contributed by atoms with Crippen LogP contribution < -0.4 is 5.32 Å². The van der Waals surface area contributed by atoms with Crippen molar-refractivity contribution in [3.63, 3.8) is 0 Å².